The molecule has 6 atom stereocenters. The van der Waals surface area contributed by atoms with Crippen LogP contribution in [0, 0.1) is 23.7 Å². The van der Waals surface area contributed by atoms with Crippen molar-refractivity contribution in [1.82, 2.24) is 4.31 Å². The van der Waals surface area contributed by atoms with Crippen molar-refractivity contribution in [2.45, 2.75) is 34.8 Å². The van der Waals surface area contributed by atoms with E-state index in [1.807, 2.05) is 0 Å². The topological polar surface area (TPSA) is 74.8 Å². The third-order valence-corrected chi connectivity index (χ3v) is 11.7. The zero-order valence-corrected chi connectivity index (χ0v) is 19.6. The van der Waals surface area contributed by atoms with Crippen LogP contribution in [0.4, 0.5) is 5.69 Å². The van der Waals surface area contributed by atoms with Gasteiger partial charge in [-0.1, -0.05) is 51.8 Å². The van der Waals surface area contributed by atoms with Crippen LogP contribution < -0.4 is 4.90 Å². The lowest BCUT2D eigenvalue weighted by Gasteiger charge is -2.28. The molecule has 3 aliphatic rings. The number of anilines is 1. The van der Waals surface area contributed by atoms with Crippen LogP contribution in [0.5, 0.6) is 0 Å². The predicted molar refractivity (Wildman–Crippen MR) is 113 cm³/mol. The first-order chi connectivity index (χ1) is 13.2. The second-order valence-electron chi connectivity index (χ2n) is 7.60. The molecular weight excluding hydrogens is 512 g/mol. The molecule has 1 aliphatic heterocycles. The first kappa shape index (κ1) is 20.5. The standard InChI is InChI=1S/C19H22Br2N2O4S/c1-3-22(4-2)28(26,27)11-7-5-6-10(8-11)23-18(24)14-12-9-13(15(14)19(23)25)17(21)16(12)20/h5-8,12-17H,3-4,9H2,1-2H3/t12-,13-,14-,15+,16-,17+/m1/s1. The van der Waals surface area contributed by atoms with E-state index in [9.17, 15) is 18.0 Å². The van der Waals surface area contributed by atoms with Gasteiger partial charge in [-0.25, -0.2) is 13.3 Å². The van der Waals surface area contributed by atoms with E-state index in [0.717, 1.165) is 6.42 Å². The summed E-state index contributed by atoms with van der Waals surface area (Å²) in [5, 5.41) is 0. The van der Waals surface area contributed by atoms with Crippen molar-refractivity contribution in [1.29, 1.82) is 0 Å². The summed E-state index contributed by atoms with van der Waals surface area (Å²) in [5.41, 5.74) is 0.342. The van der Waals surface area contributed by atoms with E-state index >= 15 is 0 Å². The van der Waals surface area contributed by atoms with Crippen molar-refractivity contribution < 1.29 is 18.0 Å². The number of carbonyl (C=O) groups is 2. The molecule has 2 aliphatic carbocycles. The van der Waals surface area contributed by atoms with Crippen molar-refractivity contribution in [3.8, 4) is 0 Å². The molecule has 9 heteroatoms. The SMILES string of the molecule is CCN(CC)S(=O)(=O)c1cccc(N2C(=O)[C@@H]3[C@H]4C[C@@H]([C@H](Br)[C@@H]4Br)[C@@H]3C2=O)c1. The Morgan fingerprint density at radius 1 is 1.04 bits per heavy atom. The molecule has 4 rings (SSSR count). The summed E-state index contributed by atoms with van der Waals surface area (Å²) in [6.45, 7) is 4.28. The fourth-order valence-electron chi connectivity index (χ4n) is 5.10. The monoisotopic (exact) mass is 532 g/mol. The highest BCUT2D eigenvalue weighted by atomic mass is 79.9. The molecule has 0 spiro atoms. The molecule has 0 aromatic heterocycles. The van der Waals surface area contributed by atoms with Gasteiger partial charge < -0.3 is 0 Å². The Bertz CT molecular complexity index is 902. The second-order valence-corrected chi connectivity index (χ2v) is 11.7. The molecule has 2 saturated carbocycles. The quantitative estimate of drug-likeness (QED) is 0.430. The van der Waals surface area contributed by atoms with Gasteiger partial charge in [0, 0.05) is 22.7 Å². The van der Waals surface area contributed by atoms with E-state index < -0.39 is 10.0 Å². The predicted octanol–water partition coefficient (Wildman–Crippen LogP) is 3.00. The van der Waals surface area contributed by atoms with Gasteiger partial charge in [-0.2, -0.15) is 4.31 Å². The van der Waals surface area contributed by atoms with Crippen LogP contribution in [0.3, 0.4) is 0 Å². The minimum Gasteiger partial charge on any atom is -0.274 e. The van der Waals surface area contributed by atoms with Gasteiger partial charge in [0.05, 0.1) is 22.4 Å². The highest BCUT2D eigenvalue weighted by Gasteiger charge is 2.66. The largest absolute Gasteiger partial charge is 0.274 e. The number of alkyl halides is 2. The van der Waals surface area contributed by atoms with Crippen molar-refractivity contribution in [2.24, 2.45) is 23.7 Å². The third kappa shape index (κ3) is 2.76. The second kappa shape index (κ2) is 7.18. The molecule has 2 amide bonds. The number of amides is 2. The van der Waals surface area contributed by atoms with Crippen LogP contribution >= 0.6 is 31.9 Å². The summed E-state index contributed by atoms with van der Waals surface area (Å²) in [6.07, 6.45) is 0.864. The van der Waals surface area contributed by atoms with E-state index in [4.69, 9.17) is 0 Å². The molecule has 0 radical (unpaired) electrons. The first-order valence-corrected chi connectivity index (χ1v) is 12.8. The maximum atomic E-state index is 13.2. The smallest absolute Gasteiger partial charge is 0.243 e. The van der Waals surface area contributed by atoms with E-state index in [1.54, 1.807) is 26.0 Å². The van der Waals surface area contributed by atoms with Crippen LogP contribution in [0.1, 0.15) is 20.3 Å². The first-order valence-electron chi connectivity index (χ1n) is 9.50. The van der Waals surface area contributed by atoms with Crippen LogP contribution in [-0.4, -0.2) is 47.3 Å². The van der Waals surface area contributed by atoms with E-state index in [0.29, 0.717) is 18.8 Å². The molecular formula is C19H22Br2N2O4S. The summed E-state index contributed by atoms with van der Waals surface area (Å²) < 4.78 is 27.1. The number of nitrogens with zero attached hydrogens (tertiary/aromatic N) is 2. The number of hydrogen-bond acceptors (Lipinski definition) is 4. The molecule has 152 valence electrons. The fraction of sp³-hybridized carbons (Fsp3) is 0.579. The van der Waals surface area contributed by atoms with Crippen molar-refractivity contribution in [3.63, 3.8) is 0 Å². The van der Waals surface area contributed by atoms with Crippen LogP contribution in [0.15, 0.2) is 29.2 Å². The zero-order chi connectivity index (χ0) is 20.4. The average Bonchev–Trinajstić information content (AvgIpc) is 3.27. The summed E-state index contributed by atoms with van der Waals surface area (Å²) in [7, 11) is -3.66. The van der Waals surface area contributed by atoms with Gasteiger partial charge in [-0.3, -0.25) is 9.59 Å². The van der Waals surface area contributed by atoms with Gasteiger partial charge in [-0.15, -0.1) is 0 Å². The van der Waals surface area contributed by atoms with E-state index in [1.165, 1.54) is 21.3 Å². The van der Waals surface area contributed by atoms with Gasteiger partial charge in [0.1, 0.15) is 0 Å². The minimum atomic E-state index is -3.66. The normalized spacial score (nSPS) is 34.5. The molecule has 28 heavy (non-hydrogen) atoms. The molecule has 2 bridgehead atoms. The highest BCUT2D eigenvalue weighted by molar-refractivity contribution is 9.12. The molecule has 1 aromatic carbocycles. The summed E-state index contributed by atoms with van der Waals surface area (Å²) in [6, 6.07) is 6.19. The molecule has 1 heterocycles. The number of benzene rings is 1. The van der Waals surface area contributed by atoms with Gasteiger partial charge in [-0.05, 0) is 36.5 Å². The fourth-order valence-corrected chi connectivity index (χ4v) is 8.47. The van der Waals surface area contributed by atoms with Crippen molar-refractivity contribution in [2.75, 3.05) is 18.0 Å². The molecule has 1 aromatic rings. The Balaban J connectivity index is 1.70. The Labute approximate surface area is 181 Å². The highest BCUT2D eigenvalue weighted by Crippen LogP contribution is 2.60. The number of halogens is 2. The number of fused-ring (bicyclic) bond motifs is 5. The molecule has 1 saturated heterocycles. The molecule has 6 nitrogen and oxygen atoms in total. The lowest BCUT2D eigenvalue weighted by atomic mass is 9.81. The summed E-state index contributed by atoms with van der Waals surface area (Å²) in [4.78, 5) is 28.0. The Hall–Kier alpha value is -0.770. The van der Waals surface area contributed by atoms with Crippen LogP contribution in [0.2, 0.25) is 0 Å². The van der Waals surface area contributed by atoms with Gasteiger partial charge in [0.25, 0.3) is 0 Å². The molecule has 0 unspecified atom stereocenters. The maximum Gasteiger partial charge on any atom is 0.243 e. The van der Waals surface area contributed by atoms with Gasteiger partial charge in [0.2, 0.25) is 21.8 Å². The number of carbonyl (C=O) groups excluding carboxylic acids is 2. The minimum absolute atomic E-state index is 0.103. The Morgan fingerprint density at radius 3 is 2.07 bits per heavy atom. The lowest BCUT2D eigenvalue weighted by Crippen LogP contribution is -2.37. The van der Waals surface area contributed by atoms with Crippen LogP contribution in [0.25, 0.3) is 0 Å². The Morgan fingerprint density at radius 2 is 1.57 bits per heavy atom. The number of sulfonamides is 1. The summed E-state index contributed by atoms with van der Waals surface area (Å²) in [5.74, 6) is -0.795. The zero-order valence-electron chi connectivity index (χ0n) is 15.6. The van der Waals surface area contributed by atoms with Crippen LogP contribution in [-0.2, 0) is 19.6 Å². The van der Waals surface area contributed by atoms with Crippen molar-refractivity contribution in [3.05, 3.63) is 24.3 Å². The number of rotatable bonds is 5. The summed E-state index contributed by atoms with van der Waals surface area (Å²) >= 11 is 7.35. The number of hydrogen-bond donors (Lipinski definition) is 0. The van der Waals surface area contributed by atoms with Gasteiger partial charge >= 0.3 is 0 Å². The van der Waals surface area contributed by atoms with E-state index in [-0.39, 0.29) is 50.0 Å². The number of imide groups is 1. The van der Waals surface area contributed by atoms with Crippen molar-refractivity contribution >= 4 is 59.4 Å². The lowest BCUT2D eigenvalue weighted by molar-refractivity contribution is -0.123. The van der Waals surface area contributed by atoms with Gasteiger partial charge in [0.15, 0.2) is 0 Å². The van der Waals surface area contributed by atoms with E-state index in [2.05, 4.69) is 31.9 Å². The third-order valence-electron chi connectivity index (χ3n) is 6.41. The molecule has 0 N–H and O–H groups in total. The maximum absolute atomic E-state index is 13.2. The average molecular weight is 534 g/mol. The Kier molecular flexibility index (Phi) is 5.26. The molecule has 3 fully saturated rings.